The number of ether oxygens (including phenoxy) is 1. The Morgan fingerprint density at radius 3 is 2.80 bits per heavy atom. The summed E-state index contributed by atoms with van der Waals surface area (Å²) >= 11 is 0. The van der Waals surface area contributed by atoms with E-state index < -0.39 is 0 Å². The minimum absolute atomic E-state index is 0.303. The van der Waals surface area contributed by atoms with Crippen molar-refractivity contribution in [2.75, 3.05) is 0 Å². The lowest BCUT2D eigenvalue weighted by molar-refractivity contribution is 0.191. The van der Waals surface area contributed by atoms with Crippen LogP contribution in [0.4, 0.5) is 0 Å². The van der Waals surface area contributed by atoms with Gasteiger partial charge in [0, 0.05) is 12.2 Å². The first kappa shape index (κ1) is 10.4. The monoisotopic (exact) mass is 207 g/mol. The fourth-order valence-electron chi connectivity index (χ4n) is 1.92. The molecule has 0 radical (unpaired) electrons. The maximum Gasteiger partial charge on any atom is 0.317 e. The molecule has 1 aliphatic rings. The molecule has 4 heteroatoms. The van der Waals surface area contributed by atoms with Crippen molar-refractivity contribution >= 4 is 0 Å². The van der Waals surface area contributed by atoms with Gasteiger partial charge in [0.05, 0.1) is 5.69 Å². The quantitative estimate of drug-likeness (QED) is 0.817. The number of rotatable bonds is 3. The smallest absolute Gasteiger partial charge is 0.317 e. The van der Waals surface area contributed by atoms with Crippen LogP contribution in [-0.2, 0) is 6.54 Å². The van der Waals surface area contributed by atoms with E-state index >= 15 is 0 Å². The van der Waals surface area contributed by atoms with Crippen molar-refractivity contribution in [1.82, 2.24) is 9.97 Å². The molecule has 1 saturated carbocycles. The molecular weight excluding hydrogens is 190 g/mol. The van der Waals surface area contributed by atoms with Gasteiger partial charge in [0.15, 0.2) is 0 Å². The van der Waals surface area contributed by atoms with Crippen molar-refractivity contribution in [2.24, 2.45) is 5.73 Å². The zero-order valence-electron chi connectivity index (χ0n) is 9.07. The normalized spacial score (nSPS) is 16.9. The van der Waals surface area contributed by atoms with Crippen molar-refractivity contribution in [2.45, 2.75) is 45.3 Å². The summed E-state index contributed by atoms with van der Waals surface area (Å²) in [4.78, 5) is 8.51. The largest absolute Gasteiger partial charge is 0.460 e. The van der Waals surface area contributed by atoms with E-state index in [1.165, 1.54) is 12.8 Å². The maximum absolute atomic E-state index is 5.72. The Kier molecular flexibility index (Phi) is 3.16. The molecule has 4 nitrogen and oxygen atoms in total. The number of hydrogen-bond donors (Lipinski definition) is 1. The van der Waals surface area contributed by atoms with Gasteiger partial charge in [-0.3, -0.25) is 0 Å². The lowest BCUT2D eigenvalue weighted by Crippen LogP contribution is -2.14. The van der Waals surface area contributed by atoms with Crippen LogP contribution in [0.2, 0.25) is 0 Å². The van der Waals surface area contributed by atoms with E-state index in [0.717, 1.165) is 24.2 Å². The Balaban J connectivity index is 2.09. The van der Waals surface area contributed by atoms with E-state index in [0.29, 0.717) is 18.7 Å². The molecule has 0 saturated heterocycles. The molecule has 2 N–H and O–H groups in total. The molecule has 82 valence electrons. The Morgan fingerprint density at radius 1 is 1.40 bits per heavy atom. The fourth-order valence-corrected chi connectivity index (χ4v) is 1.92. The minimum atomic E-state index is 0.303. The van der Waals surface area contributed by atoms with Crippen LogP contribution >= 0.6 is 0 Å². The third-order valence-corrected chi connectivity index (χ3v) is 2.67. The molecule has 0 atom stereocenters. The van der Waals surface area contributed by atoms with E-state index in [1.807, 2.05) is 13.0 Å². The van der Waals surface area contributed by atoms with Gasteiger partial charge in [-0.15, -0.1) is 0 Å². The summed E-state index contributed by atoms with van der Waals surface area (Å²) in [6.07, 6.45) is 5.04. The SMILES string of the molecule is Cc1cc(CN)nc(OC2CCCC2)n1. The Labute approximate surface area is 89.9 Å². The predicted molar refractivity (Wildman–Crippen MR) is 57.5 cm³/mol. The number of aryl methyl sites for hydroxylation is 1. The lowest BCUT2D eigenvalue weighted by atomic mass is 10.3. The van der Waals surface area contributed by atoms with Crippen LogP contribution in [0, 0.1) is 6.92 Å². The molecule has 0 aliphatic heterocycles. The van der Waals surface area contributed by atoms with Crippen molar-refractivity contribution < 1.29 is 4.74 Å². The zero-order chi connectivity index (χ0) is 10.7. The van der Waals surface area contributed by atoms with Crippen molar-refractivity contribution in [3.63, 3.8) is 0 Å². The molecule has 1 aromatic heterocycles. The molecule has 15 heavy (non-hydrogen) atoms. The summed E-state index contributed by atoms with van der Waals surface area (Å²) in [5, 5.41) is 0. The zero-order valence-corrected chi connectivity index (χ0v) is 9.07. The predicted octanol–water partition coefficient (Wildman–Crippen LogP) is 1.57. The summed E-state index contributed by atoms with van der Waals surface area (Å²) in [6, 6.07) is 2.38. The van der Waals surface area contributed by atoms with Gasteiger partial charge in [0.2, 0.25) is 0 Å². The average Bonchev–Trinajstić information content (AvgIpc) is 2.69. The van der Waals surface area contributed by atoms with Crippen LogP contribution in [0.3, 0.4) is 0 Å². The fraction of sp³-hybridized carbons (Fsp3) is 0.636. The standard InChI is InChI=1S/C11H17N3O/c1-8-6-9(7-12)14-11(13-8)15-10-4-2-3-5-10/h6,10H,2-5,7,12H2,1H3. The van der Waals surface area contributed by atoms with Gasteiger partial charge in [0.1, 0.15) is 6.10 Å². The van der Waals surface area contributed by atoms with E-state index in [-0.39, 0.29) is 0 Å². The summed E-state index contributed by atoms with van der Waals surface area (Å²) < 4.78 is 5.72. The van der Waals surface area contributed by atoms with Gasteiger partial charge in [-0.1, -0.05) is 0 Å². The molecular formula is C11H17N3O. The first-order valence-electron chi connectivity index (χ1n) is 5.49. The Hall–Kier alpha value is -1.16. The van der Waals surface area contributed by atoms with Gasteiger partial charge in [-0.2, -0.15) is 4.98 Å². The third-order valence-electron chi connectivity index (χ3n) is 2.67. The van der Waals surface area contributed by atoms with Gasteiger partial charge in [0.25, 0.3) is 0 Å². The highest BCUT2D eigenvalue weighted by Gasteiger charge is 2.17. The average molecular weight is 207 g/mol. The van der Waals surface area contributed by atoms with Crippen LogP contribution in [0.1, 0.15) is 37.1 Å². The van der Waals surface area contributed by atoms with Crippen molar-refractivity contribution in [3.05, 3.63) is 17.5 Å². The van der Waals surface area contributed by atoms with Gasteiger partial charge >= 0.3 is 6.01 Å². The van der Waals surface area contributed by atoms with Crippen LogP contribution in [-0.4, -0.2) is 16.1 Å². The van der Waals surface area contributed by atoms with Crippen molar-refractivity contribution in [3.8, 4) is 6.01 Å². The topological polar surface area (TPSA) is 61.0 Å². The number of aromatic nitrogens is 2. The Bertz CT molecular complexity index is 335. The lowest BCUT2D eigenvalue weighted by Gasteiger charge is -2.11. The summed E-state index contributed by atoms with van der Waals surface area (Å²) in [6.45, 7) is 2.37. The van der Waals surface area contributed by atoms with Gasteiger partial charge in [-0.25, -0.2) is 4.98 Å². The summed E-state index contributed by atoms with van der Waals surface area (Å²) in [7, 11) is 0. The molecule has 1 aromatic rings. The number of nitrogens with two attached hydrogens (primary N) is 1. The second-order valence-electron chi connectivity index (χ2n) is 4.01. The summed E-state index contributed by atoms with van der Waals surface area (Å²) in [5.74, 6) is 0. The third kappa shape index (κ3) is 2.65. The summed E-state index contributed by atoms with van der Waals surface area (Å²) in [5.41, 5.74) is 7.31. The van der Waals surface area contributed by atoms with Gasteiger partial charge in [-0.05, 0) is 38.7 Å². The van der Waals surface area contributed by atoms with Crippen LogP contribution in [0.25, 0.3) is 0 Å². The van der Waals surface area contributed by atoms with E-state index in [2.05, 4.69) is 9.97 Å². The van der Waals surface area contributed by atoms with Crippen LogP contribution in [0.15, 0.2) is 6.07 Å². The number of nitrogens with zero attached hydrogens (tertiary/aromatic N) is 2. The highest BCUT2D eigenvalue weighted by molar-refractivity contribution is 5.12. The van der Waals surface area contributed by atoms with Crippen LogP contribution < -0.4 is 10.5 Å². The first-order chi connectivity index (χ1) is 7.28. The minimum Gasteiger partial charge on any atom is -0.460 e. The highest BCUT2D eigenvalue weighted by Crippen LogP contribution is 2.22. The van der Waals surface area contributed by atoms with E-state index in [9.17, 15) is 0 Å². The second-order valence-corrected chi connectivity index (χ2v) is 4.01. The molecule has 1 fully saturated rings. The molecule has 1 aliphatic carbocycles. The molecule has 0 bridgehead atoms. The second kappa shape index (κ2) is 4.57. The first-order valence-corrected chi connectivity index (χ1v) is 5.49. The highest BCUT2D eigenvalue weighted by atomic mass is 16.5. The molecule has 0 amide bonds. The molecule has 0 aromatic carbocycles. The van der Waals surface area contributed by atoms with E-state index in [4.69, 9.17) is 10.5 Å². The van der Waals surface area contributed by atoms with Crippen molar-refractivity contribution in [1.29, 1.82) is 0 Å². The molecule has 0 spiro atoms. The van der Waals surface area contributed by atoms with Gasteiger partial charge < -0.3 is 10.5 Å². The Morgan fingerprint density at radius 2 is 2.13 bits per heavy atom. The molecule has 2 rings (SSSR count). The van der Waals surface area contributed by atoms with Crippen LogP contribution in [0.5, 0.6) is 6.01 Å². The molecule has 1 heterocycles. The molecule has 0 unspecified atom stereocenters. The maximum atomic E-state index is 5.72. The number of hydrogen-bond acceptors (Lipinski definition) is 4. The van der Waals surface area contributed by atoms with E-state index in [1.54, 1.807) is 0 Å².